The van der Waals surface area contributed by atoms with Gasteiger partial charge in [-0.05, 0) is 11.8 Å². The lowest BCUT2D eigenvalue weighted by molar-refractivity contribution is -0.142. The first kappa shape index (κ1) is 14.2. The van der Waals surface area contributed by atoms with Gasteiger partial charge in [-0.3, -0.25) is 0 Å². The number of rotatable bonds is 2. The van der Waals surface area contributed by atoms with Crippen LogP contribution in [0.3, 0.4) is 0 Å². The lowest BCUT2D eigenvalue weighted by Gasteiger charge is -2.15. The number of carbonyl (C=O) groups is 1. The van der Waals surface area contributed by atoms with Crippen LogP contribution in [0.25, 0.3) is 0 Å². The summed E-state index contributed by atoms with van der Waals surface area (Å²) in [4.78, 5) is 11.2. The standard InChI is InChI=1S/C10H8F5NO2/c1-18-9(17)6-4-2-3-5-7(10(11,12)13)8(6)16(14)15/h3-5H,2H2,1H3. The van der Waals surface area contributed by atoms with Crippen LogP contribution in [0.2, 0.25) is 0 Å². The Hall–Kier alpha value is -1.86. The molecule has 0 aromatic heterocycles. The van der Waals surface area contributed by atoms with Crippen LogP contribution in [0, 0.1) is 0 Å². The van der Waals surface area contributed by atoms with Gasteiger partial charge in [-0.25, -0.2) is 4.79 Å². The molecule has 0 N–H and O–H groups in total. The summed E-state index contributed by atoms with van der Waals surface area (Å²) >= 11 is 0. The highest BCUT2D eigenvalue weighted by atomic mass is 19.4. The van der Waals surface area contributed by atoms with Crippen molar-refractivity contribution >= 4 is 5.97 Å². The fourth-order valence-electron chi connectivity index (χ4n) is 1.39. The quantitative estimate of drug-likeness (QED) is 0.438. The lowest BCUT2D eigenvalue weighted by Crippen LogP contribution is -2.21. The van der Waals surface area contributed by atoms with Crippen molar-refractivity contribution in [3.8, 4) is 0 Å². The number of esters is 1. The summed E-state index contributed by atoms with van der Waals surface area (Å²) in [5.74, 6) is -1.25. The second-order valence-electron chi connectivity index (χ2n) is 3.24. The Bertz CT molecular complexity index is 434. The van der Waals surface area contributed by atoms with Gasteiger partial charge in [0.25, 0.3) is 0 Å². The first-order chi connectivity index (χ1) is 8.29. The van der Waals surface area contributed by atoms with Gasteiger partial charge < -0.3 is 4.74 Å². The van der Waals surface area contributed by atoms with Crippen molar-refractivity contribution in [1.29, 1.82) is 0 Å². The molecule has 18 heavy (non-hydrogen) atoms. The van der Waals surface area contributed by atoms with Gasteiger partial charge in [0.05, 0.1) is 18.3 Å². The monoisotopic (exact) mass is 269 g/mol. The third kappa shape index (κ3) is 2.88. The van der Waals surface area contributed by atoms with E-state index in [9.17, 15) is 26.9 Å². The molecule has 0 amide bonds. The van der Waals surface area contributed by atoms with Gasteiger partial charge in [0.1, 0.15) is 5.70 Å². The largest absolute Gasteiger partial charge is 0.465 e. The Balaban J connectivity index is 3.45. The topological polar surface area (TPSA) is 29.5 Å². The number of nitrogens with zero attached hydrogens (tertiary/aromatic N) is 1. The Morgan fingerprint density at radius 3 is 2.44 bits per heavy atom. The van der Waals surface area contributed by atoms with E-state index in [2.05, 4.69) is 4.74 Å². The summed E-state index contributed by atoms with van der Waals surface area (Å²) in [7, 11) is 0.896. The van der Waals surface area contributed by atoms with Crippen LogP contribution in [0.15, 0.2) is 35.1 Å². The van der Waals surface area contributed by atoms with E-state index in [1.165, 1.54) is 0 Å². The molecule has 0 bridgehead atoms. The van der Waals surface area contributed by atoms with E-state index >= 15 is 0 Å². The molecule has 0 radical (unpaired) electrons. The number of halogens is 5. The predicted octanol–water partition coefficient (Wildman–Crippen LogP) is 2.93. The molecule has 0 aromatic rings. The van der Waals surface area contributed by atoms with Crippen molar-refractivity contribution in [2.45, 2.75) is 12.6 Å². The van der Waals surface area contributed by atoms with Crippen molar-refractivity contribution in [2.24, 2.45) is 0 Å². The number of ether oxygens (including phenoxy) is 1. The lowest BCUT2D eigenvalue weighted by atomic mass is 10.1. The number of hydrogen-bond acceptors (Lipinski definition) is 3. The zero-order valence-corrected chi connectivity index (χ0v) is 9.09. The average molecular weight is 269 g/mol. The van der Waals surface area contributed by atoms with Crippen molar-refractivity contribution in [2.75, 3.05) is 7.11 Å². The van der Waals surface area contributed by atoms with Crippen LogP contribution in [0.5, 0.6) is 0 Å². The van der Waals surface area contributed by atoms with Gasteiger partial charge in [0, 0.05) is 0 Å². The van der Waals surface area contributed by atoms with Gasteiger partial charge in [-0.2, -0.15) is 13.2 Å². The SMILES string of the molecule is COC(=O)C1=CCC=CC(C(F)(F)F)=C1N(F)F. The molecule has 8 heteroatoms. The van der Waals surface area contributed by atoms with Crippen LogP contribution in [0.1, 0.15) is 6.42 Å². The van der Waals surface area contributed by atoms with Crippen molar-refractivity contribution in [3.63, 3.8) is 0 Å². The fourth-order valence-corrected chi connectivity index (χ4v) is 1.39. The van der Waals surface area contributed by atoms with E-state index in [1.54, 1.807) is 0 Å². The Labute approximate surface area is 98.7 Å². The van der Waals surface area contributed by atoms with E-state index in [-0.39, 0.29) is 6.42 Å². The summed E-state index contributed by atoms with van der Waals surface area (Å²) in [6, 6.07) is 0. The molecule has 0 fully saturated rings. The summed E-state index contributed by atoms with van der Waals surface area (Å²) in [6.07, 6.45) is -2.60. The molecule has 1 aliphatic carbocycles. The minimum Gasteiger partial charge on any atom is -0.465 e. The molecule has 1 rings (SSSR count). The molecule has 0 spiro atoms. The molecule has 0 saturated carbocycles. The highest BCUT2D eigenvalue weighted by Crippen LogP contribution is 2.36. The molecule has 0 heterocycles. The van der Waals surface area contributed by atoms with E-state index in [4.69, 9.17) is 0 Å². The number of methoxy groups -OCH3 is 1. The average Bonchev–Trinajstić information content (AvgIpc) is 2.49. The molecule has 3 nitrogen and oxygen atoms in total. The van der Waals surface area contributed by atoms with Gasteiger partial charge in [-0.15, -0.1) is 0 Å². The minimum absolute atomic E-state index is 0.0820. The number of carbonyl (C=O) groups excluding carboxylic acids is 1. The third-order valence-electron chi connectivity index (χ3n) is 2.13. The molecule has 0 atom stereocenters. The molecule has 0 saturated heterocycles. The Kier molecular flexibility index (Phi) is 4.10. The zero-order valence-electron chi connectivity index (χ0n) is 9.09. The molecular weight excluding hydrogens is 261 g/mol. The first-order valence-corrected chi connectivity index (χ1v) is 4.67. The maximum absolute atomic E-state index is 12.6. The van der Waals surface area contributed by atoms with Crippen molar-refractivity contribution in [3.05, 3.63) is 35.1 Å². The maximum atomic E-state index is 12.6. The molecule has 0 aliphatic heterocycles. The second-order valence-corrected chi connectivity index (χ2v) is 3.24. The number of allylic oxidation sites excluding steroid dienone is 4. The third-order valence-corrected chi connectivity index (χ3v) is 2.13. The van der Waals surface area contributed by atoms with Crippen LogP contribution < -0.4 is 0 Å². The van der Waals surface area contributed by atoms with Crippen LogP contribution in [-0.4, -0.2) is 24.6 Å². The molecule has 0 unspecified atom stereocenters. The first-order valence-electron chi connectivity index (χ1n) is 4.67. The van der Waals surface area contributed by atoms with E-state index in [1.807, 2.05) is 0 Å². The van der Waals surface area contributed by atoms with Crippen LogP contribution in [0.4, 0.5) is 22.1 Å². The predicted molar refractivity (Wildman–Crippen MR) is 51.0 cm³/mol. The molecular formula is C10H8F5NO2. The maximum Gasteiger partial charge on any atom is 0.418 e. The van der Waals surface area contributed by atoms with E-state index < -0.39 is 34.3 Å². The van der Waals surface area contributed by atoms with Gasteiger partial charge in [0.15, 0.2) is 0 Å². The zero-order chi connectivity index (χ0) is 13.9. The summed E-state index contributed by atoms with van der Waals surface area (Å²) in [5, 5.41) is -1.73. The Morgan fingerprint density at radius 1 is 1.39 bits per heavy atom. The molecule has 1 aliphatic rings. The summed E-state index contributed by atoms with van der Waals surface area (Å²) < 4.78 is 67.3. The van der Waals surface area contributed by atoms with E-state index in [0.29, 0.717) is 6.08 Å². The van der Waals surface area contributed by atoms with Crippen molar-refractivity contribution in [1.82, 2.24) is 5.34 Å². The van der Waals surface area contributed by atoms with Gasteiger partial charge >= 0.3 is 12.1 Å². The van der Waals surface area contributed by atoms with Crippen molar-refractivity contribution < 1.29 is 31.7 Å². The normalized spacial score (nSPS) is 16.2. The smallest absolute Gasteiger partial charge is 0.418 e. The molecule has 100 valence electrons. The summed E-state index contributed by atoms with van der Waals surface area (Å²) in [5.41, 5.74) is -3.93. The van der Waals surface area contributed by atoms with Crippen LogP contribution >= 0.6 is 0 Å². The van der Waals surface area contributed by atoms with E-state index in [0.717, 1.165) is 19.3 Å². The highest BCUT2D eigenvalue weighted by molar-refractivity contribution is 5.93. The number of alkyl halides is 3. The second kappa shape index (κ2) is 5.19. The Morgan fingerprint density at radius 2 is 2.00 bits per heavy atom. The number of hydrogen-bond donors (Lipinski definition) is 0. The fraction of sp³-hybridized carbons (Fsp3) is 0.300. The minimum atomic E-state index is -5.00. The highest BCUT2D eigenvalue weighted by Gasteiger charge is 2.40. The molecule has 0 aromatic carbocycles. The van der Waals surface area contributed by atoms with Gasteiger partial charge in [-0.1, -0.05) is 27.2 Å². The van der Waals surface area contributed by atoms with Gasteiger partial charge in [0.2, 0.25) is 0 Å². The summed E-state index contributed by atoms with van der Waals surface area (Å²) in [6.45, 7) is 0. The van der Waals surface area contributed by atoms with Crippen LogP contribution in [-0.2, 0) is 9.53 Å².